The summed E-state index contributed by atoms with van der Waals surface area (Å²) >= 11 is 0.929. The summed E-state index contributed by atoms with van der Waals surface area (Å²) in [6.07, 6.45) is 1.98. The highest BCUT2D eigenvalue weighted by Crippen LogP contribution is 2.40. The van der Waals surface area contributed by atoms with Gasteiger partial charge in [-0.15, -0.1) is 11.8 Å². The normalized spacial score (nSPS) is 23.6. The first-order valence-electron chi connectivity index (χ1n) is 11.8. The second kappa shape index (κ2) is 10.3. The Morgan fingerprint density at radius 3 is 2.65 bits per heavy atom. The van der Waals surface area contributed by atoms with Crippen LogP contribution in [-0.2, 0) is 29.6 Å². The lowest BCUT2D eigenvalue weighted by molar-refractivity contribution is -0.137. The van der Waals surface area contributed by atoms with Gasteiger partial charge in [-0.3, -0.25) is 9.71 Å². The van der Waals surface area contributed by atoms with Gasteiger partial charge >= 0.3 is 5.97 Å². The van der Waals surface area contributed by atoms with Crippen LogP contribution in [0.3, 0.4) is 0 Å². The molecule has 37 heavy (non-hydrogen) atoms. The van der Waals surface area contributed by atoms with E-state index in [1.54, 1.807) is 26.0 Å². The van der Waals surface area contributed by atoms with Crippen molar-refractivity contribution in [1.82, 2.24) is 14.3 Å². The Labute approximate surface area is 220 Å². The van der Waals surface area contributed by atoms with E-state index in [0.29, 0.717) is 17.9 Å². The summed E-state index contributed by atoms with van der Waals surface area (Å²) in [5.74, 6) is -0.513. The molecular formula is C22H30N4O8S3. The highest BCUT2D eigenvalue weighted by atomic mass is 32.3. The van der Waals surface area contributed by atoms with Crippen molar-refractivity contribution in [2.24, 2.45) is 4.99 Å². The van der Waals surface area contributed by atoms with E-state index >= 15 is 0 Å². The molecule has 15 heteroatoms. The summed E-state index contributed by atoms with van der Waals surface area (Å²) in [5, 5.41) is 13.8. The Kier molecular flexibility index (Phi) is 7.70. The molecule has 0 aromatic carbocycles. The number of aryl methyl sites for hydroxylation is 1. The van der Waals surface area contributed by atoms with E-state index in [1.807, 2.05) is 6.92 Å². The molecule has 3 heterocycles. The molecule has 2 atom stereocenters. The van der Waals surface area contributed by atoms with Gasteiger partial charge in [0.25, 0.3) is 20.0 Å². The van der Waals surface area contributed by atoms with E-state index in [9.17, 15) is 26.7 Å². The standard InChI is InChI=1S/C22H30N4O8S3/c1-5-14(16-10-7-12(3)34-16)23-17-19(21(28)33-6-2)36(29,30)25-20(17)24-15-11-35-22(18(15)27)37(31,32)26(4)13-8-9-13/h7,10,13-15,23,27H,5-6,8-9,11H2,1-4H3,(H,24,25)/t14-,15?/m1/s1. The van der Waals surface area contributed by atoms with Crippen LogP contribution in [0.2, 0.25) is 0 Å². The summed E-state index contributed by atoms with van der Waals surface area (Å²) in [6.45, 7) is 5.12. The Bertz CT molecular complexity index is 1390. The van der Waals surface area contributed by atoms with Gasteiger partial charge in [-0.1, -0.05) is 6.92 Å². The van der Waals surface area contributed by atoms with Gasteiger partial charge in [-0.25, -0.2) is 21.6 Å². The molecule has 3 aliphatic rings. The summed E-state index contributed by atoms with van der Waals surface area (Å²) in [4.78, 5) is 16.4. The highest BCUT2D eigenvalue weighted by molar-refractivity contribution is 8.18. The lowest BCUT2D eigenvalue weighted by Gasteiger charge is -2.18. The van der Waals surface area contributed by atoms with E-state index in [4.69, 9.17) is 9.15 Å². The Morgan fingerprint density at radius 1 is 1.38 bits per heavy atom. The highest BCUT2D eigenvalue weighted by Gasteiger charge is 2.44. The zero-order valence-electron chi connectivity index (χ0n) is 20.8. The van der Waals surface area contributed by atoms with Gasteiger partial charge in [-0.2, -0.15) is 4.31 Å². The number of nitrogens with zero attached hydrogens (tertiary/aromatic N) is 2. The maximum Gasteiger partial charge on any atom is 0.354 e. The fourth-order valence-corrected chi connectivity index (χ4v) is 8.42. The van der Waals surface area contributed by atoms with Crippen LogP contribution in [0.1, 0.15) is 50.7 Å². The average molecular weight is 575 g/mol. The molecule has 2 aliphatic heterocycles. The number of aliphatic hydroxyl groups excluding tert-OH is 1. The molecule has 1 unspecified atom stereocenters. The largest absolute Gasteiger partial charge is 0.508 e. The maximum absolute atomic E-state index is 13.0. The molecule has 204 valence electrons. The lowest BCUT2D eigenvalue weighted by atomic mass is 10.1. The molecule has 1 aromatic rings. The Hall–Kier alpha value is -2.49. The fraction of sp³-hybridized carbons (Fsp3) is 0.545. The third-order valence-corrected chi connectivity index (χ3v) is 11.2. The third kappa shape index (κ3) is 5.40. The smallest absolute Gasteiger partial charge is 0.354 e. The van der Waals surface area contributed by atoms with Gasteiger partial charge < -0.3 is 19.6 Å². The molecule has 1 fully saturated rings. The Balaban J connectivity index is 1.74. The van der Waals surface area contributed by atoms with Crippen molar-refractivity contribution in [2.75, 3.05) is 19.4 Å². The summed E-state index contributed by atoms with van der Waals surface area (Å²) in [6, 6.07) is 1.84. The Morgan fingerprint density at radius 2 is 2.08 bits per heavy atom. The fourth-order valence-electron chi connectivity index (χ4n) is 3.96. The van der Waals surface area contributed by atoms with Gasteiger partial charge in [0.15, 0.2) is 15.0 Å². The first kappa shape index (κ1) is 27.5. The zero-order valence-corrected chi connectivity index (χ0v) is 23.3. The quantitative estimate of drug-likeness (QED) is 0.352. The predicted octanol–water partition coefficient (Wildman–Crippen LogP) is 2.00. The minimum absolute atomic E-state index is 0.0509. The van der Waals surface area contributed by atoms with Gasteiger partial charge in [0, 0.05) is 18.8 Å². The number of thioether (sulfide) groups is 1. The first-order valence-corrected chi connectivity index (χ1v) is 15.7. The maximum atomic E-state index is 13.0. The SMILES string of the molecule is CCOC(=O)C1=C(N[C@H](CC)c2ccc(C)o2)C(=NC2CSC(S(=O)(=O)N(C)C3CC3)=C2O)NS1(=O)=O. The van der Waals surface area contributed by atoms with Crippen LogP contribution in [0.5, 0.6) is 0 Å². The lowest BCUT2D eigenvalue weighted by Crippen LogP contribution is -2.31. The number of ether oxygens (including phenoxy) is 1. The number of aliphatic imine (C=N–C) groups is 1. The van der Waals surface area contributed by atoms with E-state index in [2.05, 4.69) is 15.0 Å². The van der Waals surface area contributed by atoms with Gasteiger partial charge in [0.1, 0.15) is 29.0 Å². The number of nitrogens with one attached hydrogen (secondary N) is 2. The minimum Gasteiger partial charge on any atom is -0.508 e. The third-order valence-electron chi connectivity index (χ3n) is 6.11. The second-order valence-corrected chi connectivity index (χ2v) is 13.7. The van der Waals surface area contributed by atoms with Crippen LogP contribution in [0.25, 0.3) is 0 Å². The molecule has 3 N–H and O–H groups in total. The number of hydrogen-bond donors (Lipinski definition) is 3. The van der Waals surface area contributed by atoms with Crippen molar-refractivity contribution in [3.05, 3.63) is 44.3 Å². The topological polar surface area (TPSA) is 168 Å². The predicted molar refractivity (Wildman–Crippen MR) is 138 cm³/mol. The number of carbonyl (C=O) groups is 1. The van der Waals surface area contributed by atoms with E-state index < -0.39 is 48.8 Å². The molecule has 1 aromatic heterocycles. The van der Waals surface area contributed by atoms with Crippen LogP contribution < -0.4 is 10.0 Å². The van der Waals surface area contributed by atoms with Crippen LogP contribution >= 0.6 is 11.8 Å². The average Bonchev–Trinajstić information content (AvgIpc) is 3.40. The molecule has 0 spiro atoms. The van der Waals surface area contributed by atoms with Crippen molar-refractivity contribution in [3.63, 3.8) is 0 Å². The van der Waals surface area contributed by atoms with Crippen LogP contribution in [0.15, 0.2) is 42.1 Å². The molecule has 4 rings (SSSR count). The van der Waals surface area contributed by atoms with Crippen LogP contribution in [-0.4, -0.2) is 69.5 Å². The molecule has 0 bridgehead atoms. The van der Waals surface area contributed by atoms with E-state index in [0.717, 1.165) is 24.6 Å². The molecular weight excluding hydrogens is 544 g/mol. The van der Waals surface area contributed by atoms with Crippen LogP contribution in [0, 0.1) is 6.92 Å². The van der Waals surface area contributed by atoms with E-state index in [1.165, 1.54) is 11.4 Å². The zero-order chi connectivity index (χ0) is 27.1. The molecule has 1 aliphatic carbocycles. The molecule has 0 radical (unpaired) electrons. The first-order chi connectivity index (χ1) is 17.4. The van der Waals surface area contributed by atoms with Gasteiger partial charge in [0.2, 0.25) is 0 Å². The van der Waals surface area contributed by atoms with Crippen molar-refractivity contribution in [3.8, 4) is 0 Å². The number of hydrogen-bond acceptors (Lipinski definition) is 11. The number of sulfonamides is 2. The molecule has 0 saturated heterocycles. The number of esters is 1. The number of aliphatic hydroxyl groups is 1. The monoisotopic (exact) mass is 574 g/mol. The second-order valence-electron chi connectivity index (χ2n) is 8.81. The van der Waals surface area contributed by atoms with Crippen LogP contribution in [0.4, 0.5) is 0 Å². The number of amidine groups is 1. The van der Waals surface area contributed by atoms with Crippen molar-refractivity contribution >= 4 is 43.6 Å². The summed E-state index contributed by atoms with van der Waals surface area (Å²) < 4.78 is 65.8. The van der Waals surface area contributed by atoms with Gasteiger partial charge in [0.05, 0.1) is 12.6 Å². The number of carbonyl (C=O) groups excluding carboxylic acids is 1. The molecule has 1 saturated carbocycles. The number of furan rings is 1. The van der Waals surface area contributed by atoms with E-state index in [-0.39, 0.29) is 34.2 Å². The van der Waals surface area contributed by atoms with Crippen molar-refractivity contribution in [2.45, 2.75) is 58.2 Å². The van der Waals surface area contributed by atoms with Crippen molar-refractivity contribution in [1.29, 1.82) is 0 Å². The summed E-state index contributed by atoms with van der Waals surface area (Å²) in [5.41, 5.74) is -0.136. The number of rotatable bonds is 10. The molecule has 12 nitrogen and oxygen atoms in total. The van der Waals surface area contributed by atoms with Gasteiger partial charge in [-0.05, 0) is 45.2 Å². The molecule has 0 amide bonds. The minimum atomic E-state index is -4.35. The summed E-state index contributed by atoms with van der Waals surface area (Å²) in [7, 11) is -6.80. The van der Waals surface area contributed by atoms with Crippen molar-refractivity contribution < 1.29 is 35.9 Å².